The number of ether oxygens (including phenoxy) is 1. The van der Waals surface area contributed by atoms with Crippen molar-refractivity contribution in [2.75, 3.05) is 24.5 Å². The van der Waals surface area contributed by atoms with Gasteiger partial charge in [0.1, 0.15) is 22.8 Å². The number of furan rings is 1. The molecule has 0 unspecified atom stereocenters. The fourth-order valence-corrected chi connectivity index (χ4v) is 3.89. The fraction of sp³-hybridized carbons (Fsp3) is 0.300. The van der Waals surface area contributed by atoms with Crippen molar-refractivity contribution in [1.29, 1.82) is 0 Å². The van der Waals surface area contributed by atoms with E-state index < -0.39 is 0 Å². The average Bonchev–Trinajstić information content (AvgIpc) is 3.11. The molecule has 26 heavy (non-hydrogen) atoms. The molecular formula is C20H19N3O3. The molecule has 4 heterocycles. The van der Waals surface area contributed by atoms with Crippen molar-refractivity contribution >= 4 is 22.7 Å². The van der Waals surface area contributed by atoms with Crippen molar-refractivity contribution in [3.8, 4) is 5.75 Å². The first-order valence-corrected chi connectivity index (χ1v) is 8.88. The van der Waals surface area contributed by atoms with E-state index in [-0.39, 0.29) is 11.5 Å². The van der Waals surface area contributed by atoms with E-state index in [0.717, 1.165) is 42.7 Å². The van der Waals surface area contributed by atoms with Gasteiger partial charge in [0.25, 0.3) is 5.91 Å². The standard InChI is InChI=1S/C20H19N3O3/c24-19-15-3-1-2-4-17(15)26-20(13-22-19)7-10-23(11-8-20)18-14-6-12-25-16(14)5-9-21-18/h1-6,9,12H,7-8,10-11,13H2,(H,22,24). The minimum atomic E-state index is -0.372. The average molecular weight is 349 g/mol. The first kappa shape index (κ1) is 15.3. The Labute approximate surface area is 150 Å². The molecule has 1 amide bonds. The number of hydrogen-bond acceptors (Lipinski definition) is 5. The molecule has 5 rings (SSSR count). The van der Waals surface area contributed by atoms with Crippen LogP contribution in [0.25, 0.3) is 11.0 Å². The quantitative estimate of drug-likeness (QED) is 0.731. The smallest absolute Gasteiger partial charge is 0.255 e. The van der Waals surface area contributed by atoms with Gasteiger partial charge in [0.2, 0.25) is 0 Å². The Morgan fingerprint density at radius 1 is 1.12 bits per heavy atom. The second-order valence-electron chi connectivity index (χ2n) is 6.92. The Bertz CT molecular complexity index is 973. The van der Waals surface area contributed by atoms with Gasteiger partial charge in [-0.25, -0.2) is 4.98 Å². The highest BCUT2D eigenvalue weighted by Gasteiger charge is 2.40. The van der Waals surface area contributed by atoms with Crippen molar-refractivity contribution in [2.24, 2.45) is 0 Å². The maximum Gasteiger partial charge on any atom is 0.255 e. The van der Waals surface area contributed by atoms with Gasteiger partial charge in [-0.15, -0.1) is 0 Å². The lowest BCUT2D eigenvalue weighted by molar-refractivity contribution is 0.0472. The molecule has 3 aromatic rings. The number of hydrogen-bond donors (Lipinski definition) is 1. The van der Waals surface area contributed by atoms with Gasteiger partial charge in [-0.05, 0) is 24.3 Å². The minimum absolute atomic E-state index is 0.0651. The monoisotopic (exact) mass is 349 g/mol. The third-order valence-corrected chi connectivity index (χ3v) is 5.36. The summed E-state index contributed by atoms with van der Waals surface area (Å²) in [7, 11) is 0. The molecule has 1 fully saturated rings. The Hall–Kier alpha value is -3.02. The predicted octanol–water partition coefficient (Wildman–Crippen LogP) is 2.99. The Morgan fingerprint density at radius 3 is 2.85 bits per heavy atom. The predicted molar refractivity (Wildman–Crippen MR) is 97.6 cm³/mol. The molecular weight excluding hydrogens is 330 g/mol. The molecule has 2 aliphatic rings. The van der Waals surface area contributed by atoms with Crippen LogP contribution < -0.4 is 15.0 Å². The van der Waals surface area contributed by atoms with Gasteiger partial charge in [-0.2, -0.15) is 0 Å². The van der Waals surface area contributed by atoms with Crippen LogP contribution in [0.1, 0.15) is 23.2 Å². The fourth-order valence-electron chi connectivity index (χ4n) is 3.89. The third kappa shape index (κ3) is 2.41. The molecule has 0 aliphatic carbocycles. The molecule has 2 aliphatic heterocycles. The summed E-state index contributed by atoms with van der Waals surface area (Å²) >= 11 is 0. The molecule has 132 valence electrons. The van der Waals surface area contributed by atoms with Gasteiger partial charge in [-0.3, -0.25) is 4.79 Å². The van der Waals surface area contributed by atoms with Crippen LogP contribution in [0.15, 0.2) is 53.3 Å². The van der Waals surface area contributed by atoms with Gasteiger partial charge < -0.3 is 19.4 Å². The van der Waals surface area contributed by atoms with Crippen LogP contribution in [0.5, 0.6) is 5.75 Å². The highest BCUT2D eigenvalue weighted by atomic mass is 16.5. The Morgan fingerprint density at radius 2 is 1.96 bits per heavy atom. The molecule has 1 spiro atoms. The number of fused-ring (bicyclic) bond motifs is 2. The summed E-state index contributed by atoms with van der Waals surface area (Å²) < 4.78 is 11.9. The van der Waals surface area contributed by atoms with Crippen molar-refractivity contribution in [1.82, 2.24) is 10.3 Å². The third-order valence-electron chi connectivity index (χ3n) is 5.36. The second kappa shape index (κ2) is 5.76. The minimum Gasteiger partial charge on any atom is -0.484 e. The zero-order valence-electron chi connectivity index (χ0n) is 14.3. The van der Waals surface area contributed by atoms with Crippen LogP contribution in [-0.2, 0) is 0 Å². The van der Waals surface area contributed by atoms with Gasteiger partial charge in [-0.1, -0.05) is 12.1 Å². The number of benzene rings is 1. The molecule has 2 aromatic heterocycles. The maximum absolute atomic E-state index is 12.3. The Kier molecular flexibility index (Phi) is 3.38. The van der Waals surface area contributed by atoms with Crippen LogP contribution in [0, 0.1) is 0 Å². The highest BCUT2D eigenvalue weighted by Crippen LogP contribution is 2.35. The van der Waals surface area contributed by atoms with Crippen LogP contribution in [0.4, 0.5) is 5.82 Å². The van der Waals surface area contributed by atoms with Crippen molar-refractivity contribution < 1.29 is 13.9 Å². The van der Waals surface area contributed by atoms with E-state index in [2.05, 4.69) is 15.2 Å². The summed E-state index contributed by atoms with van der Waals surface area (Å²) in [4.78, 5) is 19.1. The summed E-state index contributed by atoms with van der Waals surface area (Å²) in [6.45, 7) is 2.16. The van der Waals surface area contributed by atoms with Crippen molar-refractivity contribution in [3.63, 3.8) is 0 Å². The van der Waals surface area contributed by atoms with Gasteiger partial charge in [0.05, 0.1) is 23.8 Å². The molecule has 1 aromatic carbocycles. The van der Waals surface area contributed by atoms with Crippen LogP contribution >= 0.6 is 0 Å². The molecule has 6 heteroatoms. The molecule has 1 N–H and O–H groups in total. The van der Waals surface area contributed by atoms with Crippen LogP contribution in [-0.4, -0.2) is 36.1 Å². The van der Waals surface area contributed by atoms with Gasteiger partial charge in [0.15, 0.2) is 0 Å². The lowest BCUT2D eigenvalue weighted by Gasteiger charge is -2.41. The molecule has 0 saturated carbocycles. The Balaban J connectivity index is 1.40. The molecule has 0 bridgehead atoms. The van der Waals surface area contributed by atoms with E-state index >= 15 is 0 Å². The summed E-state index contributed by atoms with van der Waals surface area (Å²) in [6, 6.07) is 11.3. The lowest BCUT2D eigenvalue weighted by Crippen LogP contribution is -2.53. The van der Waals surface area contributed by atoms with Crippen molar-refractivity contribution in [3.05, 3.63) is 54.4 Å². The van der Waals surface area contributed by atoms with E-state index in [1.165, 1.54) is 0 Å². The van der Waals surface area contributed by atoms with Gasteiger partial charge in [0, 0.05) is 32.1 Å². The first-order chi connectivity index (χ1) is 12.7. The number of pyridine rings is 1. The molecule has 6 nitrogen and oxygen atoms in total. The molecule has 0 radical (unpaired) electrons. The van der Waals surface area contributed by atoms with E-state index in [4.69, 9.17) is 9.15 Å². The normalized spacial score (nSPS) is 18.9. The van der Waals surface area contributed by atoms with Gasteiger partial charge >= 0.3 is 0 Å². The zero-order chi connectivity index (χ0) is 17.6. The topological polar surface area (TPSA) is 67.6 Å². The largest absolute Gasteiger partial charge is 0.484 e. The second-order valence-corrected chi connectivity index (χ2v) is 6.92. The van der Waals surface area contributed by atoms with Crippen molar-refractivity contribution in [2.45, 2.75) is 18.4 Å². The number of carbonyl (C=O) groups excluding carboxylic acids is 1. The lowest BCUT2D eigenvalue weighted by atomic mass is 9.90. The van der Waals surface area contributed by atoms with Crippen LogP contribution in [0.2, 0.25) is 0 Å². The molecule has 1 saturated heterocycles. The number of carbonyl (C=O) groups is 1. The number of aromatic nitrogens is 1. The highest BCUT2D eigenvalue weighted by molar-refractivity contribution is 5.97. The number of rotatable bonds is 1. The summed E-state index contributed by atoms with van der Waals surface area (Å²) in [5.41, 5.74) is 1.09. The number of piperidine rings is 1. The summed E-state index contributed by atoms with van der Waals surface area (Å²) in [5.74, 6) is 1.56. The number of anilines is 1. The van der Waals surface area contributed by atoms with E-state index in [9.17, 15) is 4.79 Å². The maximum atomic E-state index is 12.3. The van der Waals surface area contributed by atoms with E-state index in [0.29, 0.717) is 17.9 Å². The van der Waals surface area contributed by atoms with Crippen LogP contribution in [0.3, 0.4) is 0 Å². The van der Waals surface area contributed by atoms with E-state index in [1.54, 1.807) is 12.5 Å². The first-order valence-electron chi connectivity index (χ1n) is 8.88. The summed E-state index contributed by atoms with van der Waals surface area (Å²) in [5, 5.41) is 4.06. The SMILES string of the molecule is O=C1NCC2(CCN(c3nccc4occc34)CC2)Oc2ccccc21. The zero-order valence-corrected chi connectivity index (χ0v) is 14.3. The number of para-hydroxylation sites is 1. The summed E-state index contributed by atoms with van der Waals surface area (Å²) in [6.07, 6.45) is 5.11. The number of nitrogens with zero attached hydrogens (tertiary/aromatic N) is 2. The molecule has 0 atom stereocenters. The van der Waals surface area contributed by atoms with E-state index in [1.807, 2.05) is 36.4 Å². The number of amides is 1. The number of nitrogens with one attached hydrogen (secondary N) is 1.